The topological polar surface area (TPSA) is 29.3 Å². The predicted octanol–water partition coefficient (Wildman–Crippen LogP) is 3.87. The van der Waals surface area contributed by atoms with Gasteiger partial charge < -0.3 is 10.6 Å². The lowest BCUT2D eigenvalue weighted by atomic mass is 9.93. The van der Waals surface area contributed by atoms with Crippen molar-refractivity contribution in [1.82, 2.24) is 0 Å². The van der Waals surface area contributed by atoms with Crippen LogP contribution in [0.1, 0.15) is 51.5 Å². The molecule has 1 atom stereocenters. The Morgan fingerprint density at radius 1 is 1.30 bits per heavy atom. The molecule has 0 amide bonds. The molecule has 112 valence electrons. The van der Waals surface area contributed by atoms with Crippen molar-refractivity contribution in [2.45, 2.75) is 64.5 Å². The summed E-state index contributed by atoms with van der Waals surface area (Å²) < 4.78 is 14.4. The number of anilines is 1. The predicted molar refractivity (Wildman–Crippen MR) is 83.6 cm³/mol. The molecule has 0 aromatic heterocycles. The van der Waals surface area contributed by atoms with Gasteiger partial charge in [-0.05, 0) is 50.8 Å². The summed E-state index contributed by atoms with van der Waals surface area (Å²) in [5, 5.41) is 0. The molecule has 1 unspecified atom stereocenters. The molecule has 0 saturated heterocycles. The van der Waals surface area contributed by atoms with Gasteiger partial charge in [0.05, 0.1) is 5.69 Å². The van der Waals surface area contributed by atoms with E-state index in [2.05, 4.69) is 11.8 Å². The van der Waals surface area contributed by atoms with Crippen molar-refractivity contribution >= 4 is 5.69 Å². The maximum absolute atomic E-state index is 14.4. The van der Waals surface area contributed by atoms with Gasteiger partial charge >= 0.3 is 0 Å². The molecule has 1 aliphatic carbocycles. The van der Waals surface area contributed by atoms with Gasteiger partial charge in [-0.15, -0.1) is 0 Å². The highest BCUT2D eigenvalue weighted by atomic mass is 19.1. The highest BCUT2D eigenvalue weighted by Crippen LogP contribution is 2.29. The average Bonchev–Trinajstić information content (AvgIpc) is 2.42. The molecule has 2 N–H and O–H groups in total. The van der Waals surface area contributed by atoms with Crippen LogP contribution in [-0.4, -0.2) is 18.6 Å². The van der Waals surface area contributed by atoms with Crippen molar-refractivity contribution in [2.75, 3.05) is 11.4 Å². The summed E-state index contributed by atoms with van der Waals surface area (Å²) in [5.41, 5.74) is 7.53. The van der Waals surface area contributed by atoms with Gasteiger partial charge in [0.25, 0.3) is 0 Å². The molecule has 3 heteroatoms. The Labute approximate surface area is 122 Å². The van der Waals surface area contributed by atoms with Crippen LogP contribution in [0.25, 0.3) is 0 Å². The van der Waals surface area contributed by atoms with Crippen LogP contribution in [0.5, 0.6) is 0 Å². The largest absolute Gasteiger partial charge is 0.366 e. The molecule has 2 rings (SSSR count). The van der Waals surface area contributed by atoms with Crippen molar-refractivity contribution in [1.29, 1.82) is 0 Å². The van der Waals surface area contributed by atoms with Gasteiger partial charge in [-0.2, -0.15) is 0 Å². The van der Waals surface area contributed by atoms with Crippen LogP contribution in [0.2, 0.25) is 0 Å². The van der Waals surface area contributed by atoms with Crippen LogP contribution in [0, 0.1) is 5.82 Å². The number of hydrogen-bond donors (Lipinski definition) is 1. The zero-order chi connectivity index (χ0) is 14.5. The Balaban J connectivity index is 2.16. The Kier molecular flexibility index (Phi) is 5.41. The number of hydrogen-bond acceptors (Lipinski definition) is 2. The molecular weight excluding hydrogens is 251 g/mol. The molecule has 0 bridgehead atoms. The monoisotopic (exact) mass is 278 g/mol. The van der Waals surface area contributed by atoms with Gasteiger partial charge in [0.2, 0.25) is 0 Å². The minimum atomic E-state index is -0.101. The number of benzene rings is 1. The molecule has 1 aromatic carbocycles. The summed E-state index contributed by atoms with van der Waals surface area (Å²) in [7, 11) is 0. The van der Waals surface area contributed by atoms with Gasteiger partial charge in [-0.1, -0.05) is 25.3 Å². The van der Waals surface area contributed by atoms with Crippen molar-refractivity contribution in [3.8, 4) is 0 Å². The van der Waals surface area contributed by atoms with E-state index in [1.807, 2.05) is 19.1 Å². The summed E-state index contributed by atoms with van der Waals surface area (Å²) in [6.07, 6.45) is 6.97. The summed E-state index contributed by atoms with van der Waals surface area (Å²) in [6.45, 7) is 4.93. The van der Waals surface area contributed by atoms with Crippen molar-refractivity contribution in [3.05, 3.63) is 29.6 Å². The fourth-order valence-corrected chi connectivity index (χ4v) is 3.30. The van der Waals surface area contributed by atoms with Gasteiger partial charge in [-0.25, -0.2) is 4.39 Å². The second kappa shape index (κ2) is 7.07. The second-order valence-corrected chi connectivity index (χ2v) is 6.05. The van der Waals surface area contributed by atoms with Crippen molar-refractivity contribution in [2.24, 2.45) is 5.73 Å². The van der Waals surface area contributed by atoms with E-state index in [1.165, 1.54) is 32.1 Å². The van der Waals surface area contributed by atoms with Crippen molar-refractivity contribution in [3.63, 3.8) is 0 Å². The second-order valence-electron chi connectivity index (χ2n) is 6.05. The van der Waals surface area contributed by atoms with Crippen LogP contribution in [0.15, 0.2) is 18.2 Å². The minimum Gasteiger partial charge on any atom is -0.366 e. The lowest BCUT2D eigenvalue weighted by Gasteiger charge is -2.35. The first kappa shape index (κ1) is 15.3. The fourth-order valence-electron chi connectivity index (χ4n) is 3.30. The third-order valence-corrected chi connectivity index (χ3v) is 4.24. The summed E-state index contributed by atoms with van der Waals surface area (Å²) in [5.74, 6) is -0.101. The average molecular weight is 278 g/mol. The highest BCUT2D eigenvalue weighted by Gasteiger charge is 2.22. The zero-order valence-corrected chi connectivity index (χ0v) is 12.7. The Bertz CT molecular complexity index is 425. The van der Waals surface area contributed by atoms with E-state index in [4.69, 9.17) is 5.73 Å². The fraction of sp³-hybridized carbons (Fsp3) is 0.647. The highest BCUT2D eigenvalue weighted by molar-refractivity contribution is 5.50. The standard InChI is InChI=1S/C17H27FN2/c1-3-20(15-7-5-4-6-8-15)17-10-9-14(11-13(2)19)12-16(17)18/h9-10,12-13,15H,3-8,11,19H2,1-2H3. The van der Waals surface area contributed by atoms with E-state index in [9.17, 15) is 4.39 Å². The van der Waals surface area contributed by atoms with E-state index in [0.29, 0.717) is 6.04 Å². The number of nitrogens with two attached hydrogens (primary N) is 1. The molecular formula is C17H27FN2. The molecule has 2 nitrogen and oxygen atoms in total. The molecule has 1 saturated carbocycles. The number of halogens is 1. The minimum absolute atomic E-state index is 0.0703. The van der Waals surface area contributed by atoms with E-state index in [1.54, 1.807) is 6.07 Å². The smallest absolute Gasteiger partial charge is 0.146 e. The lowest BCUT2D eigenvalue weighted by Crippen LogP contribution is -2.37. The first-order valence-corrected chi connectivity index (χ1v) is 7.92. The van der Waals surface area contributed by atoms with Crippen LogP contribution in [0.3, 0.4) is 0 Å². The summed E-state index contributed by atoms with van der Waals surface area (Å²) in [6, 6.07) is 6.19. The molecule has 0 radical (unpaired) electrons. The first-order valence-electron chi connectivity index (χ1n) is 7.92. The van der Waals surface area contributed by atoms with Gasteiger partial charge in [0.15, 0.2) is 0 Å². The van der Waals surface area contributed by atoms with E-state index in [-0.39, 0.29) is 11.9 Å². The maximum Gasteiger partial charge on any atom is 0.146 e. The maximum atomic E-state index is 14.4. The number of nitrogens with zero attached hydrogens (tertiary/aromatic N) is 1. The van der Waals surface area contributed by atoms with Gasteiger partial charge in [-0.3, -0.25) is 0 Å². The normalized spacial score (nSPS) is 18.0. The molecule has 1 aliphatic rings. The van der Waals surface area contributed by atoms with Gasteiger partial charge in [0.1, 0.15) is 5.82 Å². The van der Waals surface area contributed by atoms with Crippen molar-refractivity contribution < 1.29 is 4.39 Å². The molecule has 1 aromatic rings. The van der Waals surface area contributed by atoms with E-state index in [0.717, 1.165) is 24.2 Å². The molecule has 0 heterocycles. The Morgan fingerprint density at radius 2 is 2.00 bits per heavy atom. The van der Waals surface area contributed by atoms with Crippen LogP contribution < -0.4 is 10.6 Å². The Hall–Kier alpha value is -1.09. The first-order chi connectivity index (χ1) is 9.61. The molecule has 20 heavy (non-hydrogen) atoms. The van der Waals surface area contributed by atoms with Crippen LogP contribution in [0.4, 0.5) is 10.1 Å². The molecule has 0 spiro atoms. The third-order valence-electron chi connectivity index (χ3n) is 4.24. The SMILES string of the molecule is CCN(c1ccc(CC(C)N)cc1F)C1CCCCC1. The summed E-state index contributed by atoms with van der Waals surface area (Å²) >= 11 is 0. The van der Waals surface area contributed by atoms with Crippen LogP contribution >= 0.6 is 0 Å². The molecule has 1 fully saturated rings. The quantitative estimate of drug-likeness (QED) is 0.885. The molecule has 0 aliphatic heterocycles. The lowest BCUT2D eigenvalue weighted by molar-refractivity contribution is 0.414. The van der Waals surface area contributed by atoms with Gasteiger partial charge in [0, 0.05) is 18.6 Å². The third kappa shape index (κ3) is 3.72. The summed E-state index contributed by atoms with van der Waals surface area (Å²) in [4.78, 5) is 2.24. The van der Waals surface area contributed by atoms with E-state index >= 15 is 0 Å². The Morgan fingerprint density at radius 3 is 2.55 bits per heavy atom. The van der Waals surface area contributed by atoms with E-state index < -0.39 is 0 Å². The van der Waals surface area contributed by atoms with Crippen LogP contribution in [-0.2, 0) is 6.42 Å². The zero-order valence-electron chi connectivity index (χ0n) is 12.7. The number of rotatable bonds is 5.